The van der Waals surface area contributed by atoms with Gasteiger partial charge in [-0.3, -0.25) is 4.79 Å². The molecule has 110 valence electrons. The number of rotatable bonds is 4. The summed E-state index contributed by atoms with van der Waals surface area (Å²) in [6.45, 7) is 1.84. The highest BCUT2D eigenvalue weighted by molar-refractivity contribution is 5.92. The Bertz CT molecular complexity index is 671. The highest BCUT2D eigenvalue weighted by Crippen LogP contribution is 2.24. The maximum atomic E-state index is 13.0. The Morgan fingerprint density at radius 3 is 2.62 bits per heavy atom. The summed E-state index contributed by atoms with van der Waals surface area (Å²) < 4.78 is 25.8. The molecular weight excluding hydrogens is 276 g/mol. The second-order valence-corrected chi connectivity index (χ2v) is 4.82. The van der Waals surface area contributed by atoms with E-state index in [1.54, 1.807) is 12.1 Å². The minimum Gasteiger partial charge on any atom is -0.506 e. The Hall–Kier alpha value is -2.43. The van der Waals surface area contributed by atoms with E-state index >= 15 is 0 Å². The number of phenolic OH excluding ortho intramolecular Hbond substituents is 1. The van der Waals surface area contributed by atoms with Gasteiger partial charge in [-0.2, -0.15) is 0 Å². The first-order chi connectivity index (χ1) is 9.95. The molecule has 21 heavy (non-hydrogen) atoms. The SMILES string of the molecule is Cc1ccc(O)c(NC(=O)CCc2ccc(F)c(F)c2)c1. The molecule has 0 atom stereocenters. The van der Waals surface area contributed by atoms with Gasteiger partial charge in [0, 0.05) is 6.42 Å². The van der Waals surface area contributed by atoms with Crippen molar-refractivity contribution >= 4 is 11.6 Å². The van der Waals surface area contributed by atoms with Crippen molar-refractivity contribution in [2.45, 2.75) is 19.8 Å². The lowest BCUT2D eigenvalue weighted by atomic mass is 10.1. The number of aryl methyl sites for hydroxylation is 2. The van der Waals surface area contributed by atoms with Crippen LogP contribution in [-0.2, 0) is 11.2 Å². The number of halogens is 2. The highest BCUT2D eigenvalue weighted by Gasteiger charge is 2.08. The van der Waals surface area contributed by atoms with Crippen LogP contribution in [0.1, 0.15) is 17.5 Å². The number of amides is 1. The van der Waals surface area contributed by atoms with Crippen molar-refractivity contribution in [2.75, 3.05) is 5.32 Å². The Balaban J connectivity index is 1.95. The van der Waals surface area contributed by atoms with Crippen LogP contribution in [0.15, 0.2) is 36.4 Å². The summed E-state index contributed by atoms with van der Waals surface area (Å²) in [6.07, 6.45) is 0.397. The Kier molecular flexibility index (Phi) is 4.52. The zero-order chi connectivity index (χ0) is 15.4. The van der Waals surface area contributed by atoms with E-state index in [0.29, 0.717) is 11.3 Å². The number of hydrogen-bond donors (Lipinski definition) is 2. The molecule has 1 amide bonds. The minimum atomic E-state index is -0.927. The van der Waals surface area contributed by atoms with Gasteiger partial charge in [0.15, 0.2) is 11.6 Å². The van der Waals surface area contributed by atoms with Gasteiger partial charge < -0.3 is 10.4 Å². The van der Waals surface area contributed by atoms with E-state index in [1.807, 2.05) is 6.92 Å². The fourth-order valence-electron chi connectivity index (χ4n) is 1.92. The maximum Gasteiger partial charge on any atom is 0.224 e. The van der Waals surface area contributed by atoms with E-state index in [4.69, 9.17) is 0 Å². The van der Waals surface area contributed by atoms with Crippen LogP contribution in [0.5, 0.6) is 5.75 Å². The van der Waals surface area contributed by atoms with Crippen molar-refractivity contribution in [1.29, 1.82) is 0 Å². The van der Waals surface area contributed by atoms with Crippen LogP contribution in [0.2, 0.25) is 0 Å². The van der Waals surface area contributed by atoms with Crippen molar-refractivity contribution in [2.24, 2.45) is 0 Å². The van der Waals surface area contributed by atoms with Crippen LogP contribution in [-0.4, -0.2) is 11.0 Å². The quantitative estimate of drug-likeness (QED) is 0.846. The number of phenols is 1. The summed E-state index contributed by atoms with van der Waals surface area (Å²) in [7, 11) is 0. The Morgan fingerprint density at radius 1 is 1.14 bits per heavy atom. The normalized spacial score (nSPS) is 10.4. The third-order valence-electron chi connectivity index (χ3n) is 3.05. The van der Waals surface area contributed by atoms with Crippen LogP contribution in [0.4, 0.5) is 14.5 Å². The van der Waals surface area contributed by atoms with E-state index in [0.717, 1.165) is 17.7 Å². The summed E-state index contributed by atoms with van der Waals surface area (Å²) >= 11 is 0. The monoisotopic (exact) mass is 291 g/mol. The molecule has 0 fully saturated rings. The van der Waals surface area contributed by atoms with Crippen LogP contribution in [0, 0.1) is 18.6 Å². The summed E-state index contributed by atoms with van der Waals surface area (Å²) in [5.74, 6) is -2.15. The number of nitrogens with one attached hydrogen (secondary N) is 1. The van der Waals surface area contributed by atoms with Crippen molar-refractivity contribution in [3.63, 3.8) is 0 Å². The Labute approximate surface area is 121 Å². The van der Waals surface area contributed by atoms with E-state index < -0.39 is 11.6 Å². The second kappa shape index (κ2) is 6.35. The molecule has 2 aromatic rings. The lowest BCUT2D eigenvalue weighted by Gasteiger charge is -2.08. The molecule has 0 aliphatic rings. The first-order valence-corrected chi connectivity index (χ1v) is 6.49. The second-order valence-electron chi connectivity index (χ2n) is 4.82. The molecule has 0 radical (unpaired) electrons. The largest absolute Gasteiger partial charge is 0.506 e. The zero-order valence-corrected chi connectivity index (χ0v) is 11.5. The number of carbonyl (C=O) groups excluding carboxylic acids is 1. The van der Waals surface area contributed by atoms with Crippen molar-refractivity contribution in [3.8, 4) is 5.75 Å². The van der Waals surface area contributed by atoms with Crippen LogP contribution in [0.3, 0.4) is 0 Å². The smallest absolute Gasteiger partial charge is 0.224 e. The molecule has 0 spiro atoms. The van der Waals surface area contributed by atoms with Crippen LogP contribution >= 0.6 is 0 Å². The first kappa shape index (κ1) is 15.0. The molecule has 0 unspecified atom stereocenters. The lowest BCUT2D eigenvalue weighted by Crippen LogP contribution is -2.12. The highest BCUT2D eigenvalue weighted by atomic mass is 19.2. The molecule has 0 aliphatic carbocycles. The van der Waals surface area contributed by atoms with E-state index in [1.165, 1.54) is 12.1 Å². The average Bonchev–Trinajstić information content (AvgIpc) is 2.44. The van der Waals surface area contributed by atoms with Gasteiger partial charge >= 0.3 is 0 Å². The van der Waals surface area contributed by atoms with Gasteiger partial charge in [-0.15, -0.1) is 0 Å². The molecule has 2 N–H and O–H groups in total. The molecule has 0 bridgehead atoms. The van der Waals surface area contributed by atoms with Crippen molar-refractivity contribution in [1.82, 2.24) is 0 Å². The summed E-state index contributed by atoms with van der Waals surface area (Å²) in [5.41, 5.74) is 1.78. The van der Waals surface area contributed by atoms with E-state index in [2.05, 4.69) is 5.32 Å². The predicted octanol–water partition coefficient (Wildman–Crippen LogP) is 3.55. The van der Waals surface area contributed by atoms with Gasteiger partial charge in [0.2, 0.25) is 5.91 Å². The molecule has 5 heteroatoms. The molecular formula is C16H15F2NO2. The fraction of sp³-hybridized carbons (Fsp3) is 0.188. The third-order valence-corrected chi connectivity index (χ3v) is 3.05. The predicted molar refractivity (Wildman–Crippen MR) is 76.2 cm³/mol. The molecule has 2 aromatic carbocycles. The van der Waals surface area contributed by atoms with Crippen LogP contribution in [0.25, 0.3) is 0 Å². The summed E-state index contributed by atoms with van der Waals surface area (Å²) in [5, 5.41) is 12.2. The third kappa shape index (κ3) is 4.02. The summed E-state index contributed by atoms with van der Waals surface area (Å²) in [4.78, 5) is 11.8. The lowest BCUT2D eigenvalue weighted by molar-refractivity contribution is -0.116. The zero-order valence-electron chi connectivity index (χ0n) is 11.5. The van der Waals surface area contributed by atoms with Gasteiger partial charge in [0.1, 0.15) is 5.75 Å². The van der Waals surface area contributed by atoms with Gasteiger partial charge in [0.05, 0.1) is 5.69 Å². The molecule has 0 saturated heterocycles. The van der Waals surface area contributed by atoms with Gasteiger partial charge in [-0.05, 0) is 48.7 Å². The number of benzene rings is 2. The van der Waals surface area contributed by atoms with Gasteiger partial charge in [0.25, 0.3) is 0 Å². The topological polar surface area (TPSA) is 49.3 Å². The molecule has 0 aromatic heterocycles. The van der Waals surface area contributed by atoms with E-state index in [9.17, 15) is 18.7 Å². The molecule has 0 saturated carbocycles. The number of aromatic hydroxyl groups is 1. The minimum absolute atomic E-state index is 0.0122. The summed E-state index contributed by atoms with van der Waals surface area (Å²) in [6, 6.07) is 8.44. The molecule has 2 rings (SSSR count). The maximum absolute atomic E-state index is 13.0. The number of hydrogen-bond acceptors (Lipinski definition) is 2. The Morgan fingerprint density at radius 2 is 1.90 bits per heavy atom. The average molecular weight is 291 g/mol. The van der Waals surface area contributed by atoms with Crippen molar-refractivity contribution in [3.05, 3.63) is 59.2 Å². The molecule has 3 nitrogen and oxygen atoms in total. The first-order valence-electron chi connectivity index (χ1n) is 6.49. The number of anilines is 1. The molecule has 0 aliphatic heterocycles. The van der Waals surface area contributed by atoms with Gasteiger partial charge in [-0.25, -0.2) is 8.78 Å². The van der Waals surface area contributed by atoms with E-state index in [-0.39, 0.29) is 24.5 Å². The molecule has 0 heterocycles. The standard InChI is InChI=1S/C16H15F2NO2/c1-10-2-6-15(20)14(8-10)19-16(21)7-4-11-3-5-12(17)13(18)9-11/h2-3,5-6,8-9,20H,4,7H2,1H3,(H,19,21). The number of carbonyl (C=O) groups is 1. The van der Waals surface area contributed by atoms with Crippen molar-refractivity contribution < 1.29 is 18.7 Å². The van der Waals surface area contributed by atoms with Crippen LogP contribution < -0.4 is 5.32 Å². The fourth-order valence-corrected chi connectivity index (χ4v) is 1.92. The van der Waals surface area contributed by atoms with Gasteiger partial charge in [-0.1, -0.05) is 12.1 Å².